The molecule has 0 spiro atoms. The summed E-state index contributed by atoms with van der Waals surface area (Å²) in [5, 5.41) is 2.26. The van der Waals surface area contributed by atoms with Crippen LogP contribution in [0.1, 0.15) is 22.9 Å². The van der Waals surface area contributed by atoms with Gasteiger partial charge in [0.1, 0.15) is 0 Å². The fraction of sp³-hybridized carbons (Fsp3) is 0.125. The number of benzene rings is 1. The fourth-order valence-corrected chi connectivity index (χ4v) is 2.50. The SMILES string of the molecule is Cc1cc(C(NN)c2cccc3ccncc23)ccn1. The van der Waals surface area contributed by atoms with Gasteiger partial charge in [-0.25, -0.2) is 5.43 Å². The maximum atomic E-state index is 5.79. The lowest BCUT2D eigenvalue weighted by Crippen LogP contribution is -2.29. The predicted octanol–water partition coefficient (Wildman–Crippen LogP) is 2.49. The van der Waals surface area contributed by atoms with Crippen LogP contribution in [0.5, 0.6) is 0 Å². The van der Waals surface area contributed by atoms with Crippen LogP contribution in [0.4, 0.5) is 0 Å². The number of nitrogens with two attached hydrogens (primary N) is 1. The van der Waals surface area contributed by atoms with E-state index in [9.17, 15) is 0 Å². The first-order valence-corrected chi connectivity index (χ1v) is 6.51. The second-order valence-electron chi connectivity index (χ2n) is 4.77. The van der Waals surface area contributed by atoms with Gasteiger partial charge in [-0.05, 0) is 41.6 Å². The molecule has 2 heterocycles. The van der Waals surface area contributed by atoms with Crippen molar-refractivity contribution in [1.29, 1.82) is 0 Å². The summed E-state index contributed by atoms with van der Waals surface area (Å²) in [7, 11) is 0. The minimum Gasteiger partial charge on any atom is -0.271 e. The summed E-state index contributed by atoms with van der Waals surface area (Å²) in [4.78, 5) is 8.45. The third kappa shape index (κ3) is 2.27. The molecule has 2 aromatic heterocycles. The number of aromatic nitrogens is 2. The zero-order chi connectivity index (χ0) is 13.9. The Morgan fingerprint density at radius 3 is 2.85 bits per heavy atom. The molecule has 0 amide bonds. The predicted molar refractivity (Wildman–Crippen MR) is 79.9 cm³/mol. The molecule has 3 rings (SSSR count). The van der Waals surface area contributed by atoms with Crippen molar-refractivity contribution in [3.8, 4) is 0 Å². The van der Waals surface area contributed by atoms with Crippen LogP contribution < -0.4 is 11.3 Å². The van der Waals surface area contributed by atoms with E-state index in [0.29, 0.717) is 0 Å². The van der Waals surface area contributed by atoms with E-state index >= 15 is 0 Å². The minimum absolute atomic E-state index is 0.0791. The number of hydrazine groups is 1. The zero-order valence-electron chi connectivity index (χ0n) is 11.2. The number of hydrogen-bond donors (Lipinski definition) is 2. The second kappa shape index (κ2) is 5.36. The topological polar surface area (TPSA) is 63.8 Å². The number of hydrogen-bond acceptors (Lipinski definition) is 4. The summed E-state index contributed by atoms with van der Waals surface area (Å²) in [5.74, 6) is 5.79. The van der Waals surface area contributed by atoms with E-state index in [1.54, 1.807) is 12.4 Å². The van der Waals surface area contributed by atoms with Gasteiger partial charge >= 0.3 is 0 Å². The first-order chi connectivity index (χ1) is 9.79. The van der Waals surface area contributed by atoms with Crippen LogP contribution in [0.2, 0.25) is 0 Å². The van der Waals surface area contributed by atoms with E-state index in [1.165, 1.54) is 0 Å². The van der Waals surface area contributed by atoms with Gasteiger partial charge < -0.3 is 0 Å². The Morgan fingerprint density at radius 2 is 2.05 bits per heavy atom. The lowest BCUT2D eigenvalue weighted by molar-refractivity contribution is 0.639. The van der Waals surface area contributed by atoms with Crippen LogP contribution >= 0.6 is 0 Å². The van der Waals surface area contributed by atoms with Crippen molar-refractivity contribution in [2.75, 3.05) is 0 Å². The molecule has 0 aliphatic rings. The summed E-state index contributed by atoms with van der Waals surface area (Å²) in [5.41, 5.74) is 6.08. The molecule has 0 aliphatic heterocycles. The average molecular weight is 264 g/mol. The quantitative estimate of drug-likeness (QED) is 0.563. The molecular formula is C16H16N4. The largest absolute Gasteiger partial charge is 0.271 e. The minimum atomic E-state index is -0.0791. The van der Waals surface area contributed by atoms with Gasteiger partial charge in [-0.1, -0.05) is 18.2 Å². The molecule has 4 heteroatoms. The van der Waals surface area contributed by atoms with E-state index < -0.39 is 0 Å². The number of nitrogens with one attached hydrogen (secondary N) is 1. The van der Waals surface area contributed by atoms with E-state index in [0.717, 1.165) is 27.6 Å². The smallest absolute Gasteiger partial charge is 0.0717 e. The van der Waals surface area contributed by atoms with Crippen molar-refractivity contribution in [2.24, 2.45) is 5.84 Å². The summed E-state index contributed by atoms with van der Waals surface area (Å²) in [6.45, 7) is 1.97. The Kier molecular flexibility index (Phi) is 3.41. The summed E-state index contributed by atoms with van der Waals surface area (Å²) < 4.78 is 0. The number of aryl methyl sites for hydroxylation is 1. The van der Waals surface area contributed by atoms with Crippen LogP contribution in [0.3, 0.4) is 0 Å². The highest BCUT2D eigenvalue weighted by Gasteiger charge is 2.15. The van der Waals surface area contributed by atoms with Crippen LogP contribution in [-0.2, 0) is 0 Å². The molecule has 0 saturated heterocycles. The van der Waals surface area contributed by atoms with Crippen LogP contribution in [0.25, 0.3) is 10.8 Å². The van der Waals surface area contributed by atoms with Crippen LogP contribution in [0, 0.1) is 6.92 Å². The van der Waals surface area contributed by atoms with Gasteiger partial charge in [0, 0.05) is 29.7 Å². The zero-order valence-corrected chi connectivity index (χ0v) is 11.2. The highest BCUT2D eigenvalue weighted by atomic mass is 15.2. The number of rotatable bonds is 3. The summed E-state index contributed by atoms with van der Waals surface area (Å²) >= 11 is 0. The molecule has 100 valence electrons. The highest BCUT2D eigenvalue weighted by Crippen LogP contribution is 2.27. The molecule has 1 atom stereocenters. The normalized spacial score (nSPS) is 12.5. The molecular weight excluding hydrogens is 248 g/mol. The monoisotopic (exact) mass is 264 g/mol. The first kappa shape index (κ1) is 12.7. The maximum absolute atomic E-state index is 5.79. The van der Waals surface area contributed by atoms with Crippen molar-refractivity contribution in [2.45, 2.75) is 13.0 Å². The summed E-state index contributed by atoms with van der Waals surface area (Å²) in [6.07, 6.45) is 5.48. The maximum Gasteiger partial charge on any atom is 0.0717 e. The van der Waals surface area contributed by atoms with E-state index in [1.807, 2.05) is 37.4 Å². The number of fused-ring (bicyclic) bond motifs is 1. The Labute approximate surface area is 117 Å². The molecule has 0 fully saturated rings. The standard InChI is InChI=1S/C16H16N4/c1-11-9-13(6-8-19-11)16(20-17)14-4-2-3-12-5-7-18-10-15(12)14/h2-10,16,20H,17H2,1H3. The third-order valence-corrected chi connectivity index (χ3v) is 3.45. The van der Waals surface area contributed by atoms with Gasteiger partial charge in [-0.15, -0.1) is 0 Å². The van der Waals surface area contributed by atoms with Crippen molar-refractivity contribution in [3.63, 3.8) is 0 Å². The third-order valence-electron chi connectivity index (χ3n) is 3.45. The Balaban J connectivity index is 2.17. The number of pyridine rings is 2. The van der Waals surface area contributed by atoms with E-state index in [4.69, 9.17) is 5.84 Å². The Hall–Kier alpha value is -2.30. The van der Waals surface area contributed by atoms with Gasteiger partial charge in [0.05, 0.1) is 6.04 Å². The van der Waals surface area contributed by atoms with Gasteiger partial charge in [0.25, 0.3) is 0 Å². The molecule has 3 aromatic rings. The van der Waals surface area contributed by atoms with Crippen molar-refractivity contribution in [3.05, 3.63) is 71.8 Å². The van der Waals surface area contributed by atoms with Crippen molar-refractivity contribution < 1.29 is 0 Å². The molecule has 4 nitrogen and oxygen atoms in total. The molecule has 0 bridgehead atoms. The van der Waals surface area contributed by atoms with Gasteiger partial charge in [-0.2, -0.15) is 0 Å². The second-order valence-corrected chi connectivity index (χ2v) is 4.77. The van der Waals surface area contributed by atoms with Gasteiger partial charge in [0.15, 0.2) is 0 Å². The summed E-state index contributed by atoms with van der Waals surface area (Å²) in [6, 6.07) is 12.1. The van der Waals surface area contributed by atoms with Gasteiger partial charge in [0.2, 0.25) is 0 Å². The molecule has 1 unspecified atom stereocenters. The van der Waals surface area contributed by atoms with Crippen molar-refractivity contribution >= 4 is 10.8 Å². The van der Waals surface area contributed by atoms with Gasteiger partial charge in [-0.3, -0.25) is 15.8 Å². The lowest BCUT2D eigenvalue weighted by Gasteiger charge is -2.19. The molecule has 3 N–H and O–H groups in total. The molecule has 0 radical (unpaired) electrons. The van der Waals surface area contributed by atoms with Crippen LogP contribution in [0.15, 0.2) is 55.0 Å². The van der Waals surface area contributed by atoms with Crippen molar-refractivity contribution in [1.82, 2.24) is 15.4 Å². The Morgan fingerprint density at radius 1 is 1.15 bits per heavy atom. The molecule has 0 saturated carbocycles. The number of nitrogens with zero attached hydrogens (tertiary/aromatic N) is 2. The van der Waals surface area contributed by atoms with Crippen LogP contribution in [-0.4, -0.2) is 9.97 Å². The average Bonchev–Trinajstić information content (AvgIpc) is 2.48. The molecule has 0 aliphatic carbocycles. The van der Waals surface area contributed by atoms with E-state index in [-0.39, 0.29) is 6.04 Å². The lowest BCUT2D eigenvalue weighted by atomic mass is 9.95. The fourth-order valence-electron chi connectivity index (χ4n) is 2.50. The Bertz CT molecular complexity index is 734. The van der Waals surface area contributed by atoms with E-state index in [2.05, 4.69) is 27.5 Å². The molecule has 20 heavy (non-hydrogen) atoms. The first-order valence-electron chi connectivity index (χ1n) is 6.51. The highest BCUT2D eigenvalue weighted by molar-refractivity contribution is 5.85. The molecule has 1 aromatic carbocycles.